The van der Waals surface area contributed by atoms with Crippen LogP contribution < -0.4 is 4.74 Å². The zero-order valence-electron chi connectivity index (χ0n) is 22.9. The smallest absolute Gasteiger partial charge is 0.294 e. The molecule has 0 atom stereocenters. The van der Waals surface area contributed by atoms with Crippen LogP contribution in [0.25, 0.3) is 10.8 Å². The third kappa shape index (κ3) is 11.8. The summed E-state index contributed by atoms with van der Waals surface area (Å²) in [5.74, 6) is 0.754. The van der Waals surface area contributed by atoms with Gasteiger partial charge in [-0.15, -0.1) is 0 Å². The molecule has 0 aliphatic carbocycles. The number of unbranched alkanes of at least 4 members (excludes halogenated alkanes) is 4. The monoisotopic (exact) mass is 508 g/mol. The van der Waals surface area contributed by atoms with Crippen LogP contribution in [0.5, 0.6) is 5.75 Å². The first-order valence-corrected chi connectivity index (χ1v) is 15.2. The van der Waals surface area contributed by atoms with E-state index in [0.29, 0.717) is 6.61 Å². The van der Waals surface area contributed by atoms with Crippen LogP contribution in [0.3, 0.4) is 0 Å². The molecule has 200 valence electrons. The molecular weight excluding hydrogens is 458 g/mol. The normalized spacial score (nSPS) is 11.8. The molecule has 2 rings (SSSR count). The van der Waals surface area contributed by atoms with Crippen LogP contribution in [0.4, 0.5) is 0 Å². The summed E-state index contributed by atoms with van der Waals surface area (Å²) in [4.78, 5) is -0.0998. The van der Waals surface area contributed by atoms with E-state index in [-0.39, 0.29) is 4.90 Å². The van der Waals surface area contributed by atoms with E-state index in [0.717, 1.165) is 22.9 Å². The fraction of sp³-hybridized carbons (Fsp3) is 0.655. The first-order valence-electron chi connectivity index (χ1n) is 13.7. The number of hydrogen-bond acceptors (Lipinski definition) is 3. The van der Waals surface area contributed by atoms with Crippen molar-refractivity contribution < 1.29 is 22.2 Å². The van der Waals surface area contributed by atoms with Gasteiger partial charge in [0.15, 0.2) is 0 Å². The second kappa shape index (κ2) is 16.9. The minimum absolute atomic E-state index is 0.0998. The third-order valence-electron chi connectivity index (χ3n) is 6.50. The van der Waals surface area contributed by atoms with Crippen molar-refractivity contribution in [2.24, 2.45) is 0 Å². The van der Waals surface area contributed by atoms with Crippen LogP contribution in [0, 0.1) is 0 Å². The molecule has 0 aliphatic heterocycles. The highest BCUT2D eigenvalue weighted by Crippen LogP contribution is 2.24. The van der Waals surface area contributed by atoms with Gasteiger partial charge in [-0.3, -0.25) is 4.55 Å². The summed E-state index contributed by atoms with van der Waals surface area (Å²) in [7, 11) is -4.15. The van der Waals surface area contributed by atoms with Gasteiger partial charge in [-0.25, -0.2) is 0 Å². The summed E-state index contributed by atoms with van der Waals surface area (Å²) < 4.78 is 37.9. The Kier molecular flexibility index (Phi) is 15.2. The SMILES string of the molecule is CCCC[N+](CCCC)(CCCC)CCCC.CCCOc1ccc2cc(S(=O)(=O)O)ccc2c1. The Labute approximate surface area is 215 Å². The highest BCUT2D eigenvalue weighted by Gasteiger charge is 2.24. The minimum atomic E-state index is -4.15. The molecule has 0 saturated heterocycles. The molecule has 0 aromatic heterocycles. The first-order chi connectivity index (χ1) is 16.7. The summed E-state index contributed by atoms with van der Waals surface area (Å²) >= 11 is 0. The number of quaternary nitrogens is 1. The molecule has 0 bridgehead atoms. The van der Waals surface area contributed by atoms with Crippen LogP contribution in [0.15, 0.2) is 41.3 Å². The highest BCUT2D eigenvalue weighted by atomic mass is 32.2. The lowest BCUT2D eigenvalue weighted by molar-refractivity contribution is -0.929. The van der Waals surface area contributed by atoms with E-state index in [4.69, 9.17) is 9.29 Å². The predicted molar refractivity (Wildman–Crippen MR) is 149 cm³/mol. The molecule has 2 aromatic carbocycles. The van der Waals surface area contributed by atoms with Gasteiger partial charge in [0.05, 0.1) is 37.7 Å². The van der Waals surface area contributed by atoms with Gasteiger partial charge in [-0.2, -0.15) is 8.42 Å². The van der Waals surface area contributed by atoms with Crippen LogP contribution in [-0.2, 0) is 10.1 Å². The molecule has 0 unspecified atom stereocenters. The molecule has 0 spiro atoms. The van der Waals surface area contributed by atoms with E-state index in [1.165, 1.54) is 94.2 Å². The summed E-state index contributed by atoms with van der Waals surface area (Å²) in [6.45, 7) is 17.7. The van der Waals surface area contributed by atoms with E-state index in [1.54, 1.807) is 18.2 Å². The van der Waals surface area contributed by atoms with Gasteiger partial charge in [0.2, 0.25) is 0 Å². The topological polar surface area (TPSA) is 63.6 Å². The lowest BCUT2D eigenvalue weighted by Gasteiger charge is -2.39. The fourth-order valence-electron chi connectivity index (χ4n) is 4.32. The zero-order chi connectivity index (χ0) is 26.2. The van der Waals surface area contributed by atoms with Crippen molar-refractivity contribution in [3.63, 3.8) is 0 Å². The molecular formula is C29H50NO4S+. The summed E-state index contributed by atoms with van der Waals surface area (Å²) in [5.41, 5.74) is 0. The summed E-state index contributed by atoms with van der Waals surface area (Å²) in [6, 6.07) is 9.87. The van der Waals surface area contributed by atoms with Gasteiger partial charge >= 0.3 is 0 Å². The molecule has 35 heavy (non-hydrogen) atoms. The Hall–Kier alpha value is -1.63. The molecule has 0 aliphatic rings. The number of ether oxygens (including phenoxy) is 1. The molecule has 6 heteroatoms. The average Bonchev–Trinajstić information content (AvgIpc) is 2.86. The highest BCUT2D eigenvalue weighted by molar-refractivity contribution is 7.85. The number of hydrogen-bond donors (Lipinski definition) is 1. The van der Waals surface area contributed by atoms with E-state index in [2.05, 4.69) is 27.7 Å². The average molecular weight is 509 g/mol. The lowest BCUT2D eigenvalue weighted by atomic mass is 10.1. The maximum atomic E-state index is 11.0. The quantitative estimate of drug-likeness (QED) is 0.185. The van der Waals surface area contributed by atoms with Gasteiger partial charge in [0.1, 0.15) is 5.75 Å². The van der Waals surface area contributed by atoms with Crippen molar-refractivity contribution in [2.45, 2.75) is 97.3 Å². The van der Waals surface area contributed by atoms with E-state index in [1.807, 2.05) is 13.0 Å². The second-order valence-corrected chi connectivity index (χ2v) is 11.1. The van der Waals surface area contributed by atoms with Crippen molar-refractivity contribution in [3.8, 4) is 5.75 Å². The van der Waals surface area contributed by atoms with Crippen molar-refractivity contribution in [1.82, 2.24) is 0 Å². The number of nitrogens with zero attached hydrogens (tertiary/aromatic N) is 1. The molecule has 0 heterocycles. The zero-order valence-corrected chi connectivity index (χ0v) is 23.7. The maximum absolute atomic E-state index is 11.0. The third-order valence-corrected chi connectivity index (χ3v) is 7.35. The molecule has 0 fully saturated rings. The molecule has 1 N–H and O–H groups in total. The molecule has 0 radical (unpaired) electrons. The van der Waals surface area contributed by atoms with Crippen molar-refractivity contribution in [3.05, 3.63) is 36.4 Å². The molecule has 5 nitrogen and oxygen atoms in total. The molecule has 2 aromatic rings. The van der Waals surface area contributed by atoms with Crippen LogP contribution >= 0.6 is 0 Å². The van der Waals surface area contributed by atoms with E-state index in [9.17, 15) is 8.42 Å². The van der Waals surface area contributed by atoms with Crippen molar-refractivity contribution >= 4 is 20.9 Å². The maximum Gasteiger partial charge on any atom is 0.294 e. The Balaban J connectivity index is 0.000000351. The summed E-state index contributed by atoms with van der Waals surface area (Å²) in [5, 5.41) is 1.62. The fourth-order valence-corrected chi connectivity index (χ4v) is 4.83. The molecule has 0 amide bonds. The Bertz CT molecular complexity index is 905. The van der Waals surface area contributed by atoms with Crippen LogP contribution in [0.1, 0.15) is 92.4 Å². The largest absolute Gasteiger partial charge is 0.494 e. The Morgan fingerprint density at radius 1 is 0.686 bits per heavy atom. The van der Waals surface area contributed by atoms with Gasteiger partial charge < -0.3 is 9.22 Å². The Morgan fingerprint density at radius 3 is 1.57 bits per heavy atom. The predicted octanol–water partition coefficient (Wildman–Crippen LogP) is 7.88. The summed E-state index contributed by atoms with van der Waals surface area (Å²) in [6.07, 6.45) is 12.0. The van der Waals surface area contributed by atoms with Crippen molar-refractivity contribution in [1.29, 1.82) is 0 Å². The van der Waals surface area contributed by atoms with Crippen LogP contribution in [0.2, 0.25) is 0 Å². The number of fused-ring (bicyclic) bond motifs is 1. The van der Waals surface area contributed by atoms with Gasteiger partial charge in [0.25, 0.3) is 10.1 Å². The molecule has 0 saturated carbocycles. The number of rotatable bonds is 16. The minimum Gasteiger partial charge on any atom is -0.494 e. The lowest BCUT2D eigenvalue weighted by Crippen LogP contribution is -2.50. The van der Waals surface area contributed by atoms with E-state index < -0.39 is 10.1 Å². The standard InChI is InChI=1S/C16H36N.C13H14O4S/c1-5-9-13-17(14-10-6-2,15-11-7-3)16-12-8-4;1-2-7-17-12-5-3-11-9-13(18(14,15)16)6-4-10(11)8-12/h5-16H2,1-4H3;3-6,8-9H,2,7H2,1H3,(H,14,15,16)/q+1;. The first kappa shape index (κ1) is 31.4. The Morgan fingerprint density at radius 2 is 1.14 bits per heavy atom. The number of benzene rings is 2. The van der Waals surface area contributed by atoms with E-state index >= 15 is 0 Å². The van der Waals surface area contributed by atoms with Crippen molar-refractivity contribution in [2.75, 3.05) is 32.8 Å². The van der Waals surface area contributed by atoms with Gasteiger partial charge in [0, 0.05) is 0 Å². The van der Waals surface area contributed by atoms with Gasteiger partial charge in [-0.05, 0) is 67.1 Å². The van der Waals surface area contributed by atoms with Crippen LogP contribution in [-0.4, -0.2) is 50.2 Å². The second-order valence-electron chi connectivity index (χ2n) is 9.64. The van der Waals surface area contributed by atoms with Gasteiger partial charge in [-0.1, -0.05) is 72.4 Å².